The van der Waals surface area contributed by atoms with Crippen LogP contribution in [-0.2, 0) is 13.0 Å². The van der Waals surface area contributed by atoms with Crippen molar-refractivity contribution in [2.24, 2.45) is 0 Å². The summed E-state index contributed by atoms with van der Waals surface area (Å²) < 4.78 is 5.41. The number of benzene rings is 1. The van der Waals surface area contributed by atoms with E-state index in [0.29, 0.717) is 5.89 Å². The Bertz CT molecular complexity index is 639. The molecule has 3 rings (SSSR count). The lowest BCUT2D eigenvalue weighted by molar-refractivity contribution is 0.175. The maximum absolute atomic E-state index is 9.61. The molecular weight excluding hydrogens is 314 g/mol. The average Bonchev–Trinajstić information content (AvgIpc) is 3.25. The summed E-state index contributed by atoms with van der Waals surface area (Å²) in [7, 11) is 0. The first-order valence-corrected chi connectivity index (χ1v) is 9.57. The van der Waals surface area contributed by atoms with Crippen LogP contribution in [0.3, 0.4) is 0 Å². The van der Waals surface area contributed by atoms with Crippen LogP contribution in [0.1, 0.15) is 56.8 Å². The van der Waals surface area contributed by atoms with Crippen molar-refractivity contribution in [2.45, 2.75) is 64.5 Å². The maximum atomic E-state index is 9.61. The Kier molecular flexibility index (Phi) is 6.59. The molecule has 0 saturated carbocycles. The topological polar surface area (TPSA) is 62.4 Å². The lowest BCUT2D eigenvalue weighted by Gasteiger charge is -2.14. The Morgan fingerprint density at radius 3 is 2.68 bits per heavy atom. The first-order chi connectivity index (χ1) is 12.2. The molecular formula is C20H29N3O2. The number of aliphatic hydroxyl groups is 1. The van der Waals surface area contributed by atoms with Crippen molar-refractivity contribution in [3.8, 4) is 11.5 Å². The zero-order valence-corrected chi connectivity index (χ0v) is 15.2. The quantitative estimate of drug-likeness (QED) is 0.701. The molecule has 0 amide bonds. The van der Waals surface area contributed by atoms with Crippen LogP contribution in [0.15, 0.2) is 28.8 Å². The van der Waals surface area contributed by atoms with Gasteiger partial charge in [0.25, 0.3) is 5.89 Å². The normalized spacial score (nSPS) is 18.1. The van der Waals surface area contributed by atoms with Gasteiger partial charge < -0.3 is 9.63 Å². The molecule has 0 radical (unpaired) electrons. The second kappa shape index (κ2) is 9.11. The van der Waals surface area contributed by atoms with E-state index < -0.39 is 0 Å². The van der Waals surface area contributed by atoms with E-state index in [1.165, 1.54) is 31.2 Å². The Morgan fingerprint density at radius 1 is 1.16 bits per heavy atom. The fourth-order valence-electron chi connectivity index (χ4n) is 3.33. The highest BCUT2D eigenvalue weighted by molar-refractivity contribution is 5.53. The summed E-state index contributed by atoms with van der Waals surface area (Å²) >= 11 is 0. The van der Waals surface area contributed by atoms with E-state index in [4.69, 9.17) is 4.52 Å². The maximum Gasteiger partial charge on any atom is 0.257 e. The van der Waals surface area contributed by atoms with Gasteiger partial charge in [-0.2, -0.15) is 4.98 Å². The van der Waals surface area contributed by atoms with Crippen molar-refractivity contribution in [3.63, 3.8) is 0 Å². The summed E-state index contributed by atoms with van der Waals surface area (Å²) in [6, 6.07) is 8.30. The standard InChI is InChI=1S/C20H29N3O2/c1-2-3-4-5-6-7-19-21-20(25-22-19)17-10-8-16(9-11-17)14-23-13-12-18(24)15-23/h8-11,18,24H,2-7,12-15H2,1H3/t18-/m0/s1. The Labute approximate surface area is 150 Å². The fourth-order valence-corrected chi connectivity index (χ4v) is 3.33. The second-order valence-corrected chi connectivity index (χ2v) is 7.05. The summed E-state index contributed by atoms with van der Waals surface area (Å²) in [6.45, 7) is 4.84. The van der Waals surface area contributed by atoms with Gasteiger partial charge in [0.05, 0.1) is 6.10 Å². The minimum Gasteiger partial charge on any atom is -0.392 e. The van der Waals surface area contributed by atoms with Gasteiger partial charge in [0, 0.05) is 31.6 Å². The molecule has 2 aromatic rings. The number of likely N-dealkylation sites (tertiary alicyclic amines) is 1. The number of aromatic nitrogens is 2. The van der Waals surface area contributed by atoms with Crippen LogP contribution in [0.5, 0.6) is 0 Å². The molecule has 1 aromatic heterocycles. The van der Waals surface area contributed by atoms with Crippen LogP contribution < -0.4 is 0 Å². The second-order valence-electron chi connectivity index (χ2n) is 7.05. The van der Waals surface area contributed by atoms with Crippen LogP contribution in [0.25, 0.3) is 11.5 Å². The summed E-state index contributed by atoms with van der Waals surface area (Å²) in [5.74, 6) is 1.41. The Hall–Kier alpha value is -1.72. The van der Waals surface area contributed by atoms with Crippen molar-refractivity contribution in [2.75, 3.05) is 13.1 Å². The number of aliphatic hydroxyl groups excluding tert-OH is 1. The molecule has 1 N–H and O–H groups in total. The van der Waals surface area contributed by atoms with Gasteiger partial charge in [0.15, 0.2) is 5.82 Å². The highest BCUT2D eigenvalue weighted by atomic mass is 16.5. The molecule has 1 atom stereocenters. The number of aryl methyl sites for hydroxylation is 1. The number of nitrogens with zero attached hydrogens (tertiary/aromatic N) is 3. The first kappa shape index (κ1) is 18.1. The van der Waals surface area contributed by atoms with Gasteiger partial charge in [-0.3, -0.25) is 4.90 Å². The van der Waals surface area contributed by atoms with Gasteiger partial charge in [-0.25, -0.2) is 0 Å². The summed E-state index contributed by atoms with van der Waals surface area (Å²) in [6.07, 6.45) is 7.82. The van der Waals surface area contributed by atoms with Crippen LogP contribution in [-0.4, -0.2) is 39.3 Å². The van der Waals surface area contributed by atoms with E-state index in [0.717, 1.165) is 50.3 Å². The smallest absolute Gasteiger partial charge is 0.257 e. The van der Waals surface area contributed by atoms with E-state index in [9.17, 15) is 5.11 Å². The Balaban J connectivity index is 1.50. The molecule has 1 saturated heterocycles. The summed E-state index contributed by atoms with van der Waals surface area (Å²) in [5.41, 5.74) is 2.21. The lowest BCUT2D eigenvalue weighted by Crippen LogP contribution is -2.21. The third-order valence-electron chi connectivity index (χ3n) is 4.83. The molecule has 136 valence electrons. The van der Waals surface area contributed by atoms with Crippen LogP contribution in [0.2, 0.25) is 0 Å². The van der Waals surface area contributed by atoms with Crippen LogP contribution in [0, 0.1) is 0 Å². The van der Waals surface area contributed by atoms with Crippen molar-refractivity contribution >= 4 is 0 Å². The highest BCUT2D eigenvalue weighted by Crippen LogP contribution is 2.20. The van der Waals surface area contributed by atoms with Crippen molar-refractivity contribution in [1.29, 1.82) is 0 Å². The molecule has 0 unspecified atom stereocenters. The average molecular weight is 343 g/mol. The number of β-amino-alcohol motifs (C(OH)–C–C–N with tert-alkyl or cyclic N) is 1. The molecule has 1 aromatic carbocycles. The third kappa shape index (κ3) is 5.38. The first-order valence-electron chi connectivity index (χ1n) is 9.57. The van der Waals surface area contributed by atoms with Crippen molar-refractivity contribution in [1.82, 2.24) is 15.0 Å². The molecule has 2 heterocycles. The van der Waals surface area contributed by atoms with E-state index in [1.54, 1.807) is 0 Å². The monoisotopic (exact) mass is 343 g/mol. The lowest BCUT2D eigenvalue weighted by atomic mass is 10.1. The third-order valence-corrected chi connectivity index (χ3v) is 4.83. The van der Waals surface area contributed by atoms with E-state index >= 15 is 0 Å². The molecule has 0 aliphatic carbocycles. The zero-order valence-electron chi connectivity index (χ0n) is 15.2. The van der Waals surface area contributed by atoms with Gasteiger partial charge in [0.1, 0.15) is 0 Å². The predicted molar refractivity (Wildman–Crippen MR) is 98.1 cm³/mol. The molecule has 1 aliphatic heterocycles. The minimum atomic E-state index is -0.168. The van der Waals surface area contributed by atoms with Crippen LogP contribution in [0.4, 0.5) is 0 Å². The number of hydrogen-bond acceptors (Lipinski definition) is 5. The van der Waals surface area contributed by atoms with E-state index in [1.807, 2.05) is 12.1 Å². The molecule has 25 heavy (non-hydrogen) atoms. The predicted octanol–water partition coefficient (Wildman–Crippen LogP) is 3.82. The minimum absolute atomic E-state index is 0.168. The van der Waals surface area contributed by atoms with Crippen molar-refractivity contribution < 1.29 is 9.63 Å². The zero-order chi connectivity index (χ0) is 17.5. The number of unbranched alkanes of at least 4 members (excludes halogenated alkanes) is 4. The fraction of sp³-hybridized carbons (Fsp3) is 0.600. The molecule has 1 fully saturated rings. The SMILES string of the molecule is CCCCCCCc1noc(-c2ccc(CN3CC[C@H](O)C3)cc2)n1. The number of hydrogen-bond donors (Lipinski definition) is 1. The van der Waals surface area contributed by atoms with Gasteiger partial charge in [-0.05, 0) is 30.5 Å². The van der Waals surface area contributed by atoms with Gasteiger partial charge in [0.2, 0.25) is 0 Å². The van der Waals surface area contributed by atoms with Gasteiger partial charge in [-0.15, -0.1) is 0 Å². The largest absolute Gasteiger partial charge is 0.392 e. The van der Waals surface area contributed by atoms with Gasteiger partial charge in [-0.1, -0.05) is 49.9 Å². The van der Waals surface area contributed by atoms with E-state index in [2.05, 4.69) is 34.1 Å². The highest BCUT2D eigenvalue weighted by Gasteiger charge is 2.20. The Morgan fingerprint density at radius 2 is 1.96 bits per heavy atom. The summed E-state index contributed by atoms with van der Waals surface area (Å²) in [4.78, 5) is 6.80. The number of rotatable bonds is 9. The summed E-state index contributed by atoms with van der Waals surface area (Å²) in [5, 5.41) is 13.7. The molecule has 1 aliphatic rings. The van der Waals surface area contributed by atoms with Gasteiger partial charge >= 0.3 is 0 Å². The molecule has 5 heteroatoms. The molecule has 0 bridgehead atoms. The van der Waals surface area contributed by atoms with Crippen LogP contribution >= 0.6 is 0 Å². The molecule has 0 spiro atoms. The molecule has 5 nitrogen and oxygen atoms in total. The van der Waals surface area contributed by atoms with Crippen molar-refractivity contribution in [3.05, 3.63) is 35.7 Å². The van der Waals surface area contributed by atoms with E-state index in [-0.39, 0.29) is 6.10 Å².